The van der Waals surface area contributed by atoms with Gasteiger partial charge in [-0.1, -0.05) is 17.7 Å². The molecular weight excluding hydrogens is 198 g/mol. The molecule has 3 heteroatoms. The summed E-state index contributed by atoms with van der Waals surface area (Å²) in [6, 6.07) is 5.62. The average Bonchev–Trinajstić information content (AvgIpc) is 2.01. The van der Waals surface area contributed by atoms with Crippen molar-refractivity contribution in [3.05, 3.63) is 23.2 Å². The minimum atomic E-state index is -0.212. The third-order valence-corrected chi connectivity index (χ3v) is 1.96. The van der Waals surface area contributed by atoms with Crippen molar-refractivity contribution in [3.63, 3.8) is 0 Å². The standard InChI is InChI=1S/C11H16ClNO/c1-11(2,3)14-9-7-5-6-8(12)10(9)13-4/h5-7,13H,1-4H3. The van der Waals surface area contributed by atoms with Crippen molar-refractivity contribution in [3.8, 4) is 5.75 Å². The van der Waals surface area contributed by atoms with Gasteiger partial charge in [-0.25, -0.2) is 0 Å². The van der Waals surface area contributed by atoms with Crippen LogP contribution >= 0.6 is 11.6 Å². The zero-order chi connectivity index (χ0) is 10.8. The van der Waals surface area contributed by atoms with E-state index in [0.717, 1.165) is 11.4 Å². The van der Waals surface area contributed by atoms with Gasteiger partial charge in [-0.2, -0.15) is 0 Å². The highest BCUT2D eigenvalue weighted by molar-refractivity contribution is 6.33. The molecule has 0 aliphatic carbocycles. The Bertz CT molecular complexity index is 318. The minimum absolute atomic E-state index is 0.212. The van der Waals surface area contributed by atoms with Gasteiger partial charge in [-0.3, -0.25) is 0 Å². The molecule has 0 bridgehead atoms. The van der Waals surface area contributed by atoms with Crippen molar-refractivity contribution in [2.24, 2.45) is 0 Å². The molecule has 0 aliphatic heterocycles. The van der Waals surface area contributed by atoms with E-state index >= 15 is 0 Å². The molecule has 0 unspecified atom stereocenters. The Morgan fingerprint density at radius 1 is 1.29 bits per heavy atom. The number of anilines is 1. The van der Waals surface area contributed by atoms with Crippen LogP contribution in [0.1, 0.15) is 20.8 Å². The molecule has 0 saturated carbocycles. The number of hydrogen-bond donors (Lipinski definition) is 1. The van der Waals surface area contributed by atoms with Gasteiger partial charge in [0.05, 0.1) is 10.7 Å². The van der Waals surface area contributed by atoms with Gasteiger partial charge >= 0.3 is 0 Å². The SMILES string of the molecule is CNc1c(Cl)cccc1OC(C)(C)C. The Kier molecular flexibility index (Phi) is 3.27. The largest absolute Gasteiger partial charge is 0.486 e. The zero-order valence-corrected chi connectivity index (χ0v) is 9.77. The highest BCUT2D eigenvalue weighted by Gasteiger charge is 2.15. The molecule has 78 valence electrons. The maximum Gasteiger partial charge on any atom is 0.144 e. The Morgan fingerprint density at radius 2 is 1.93 bits per heavy atom. The van der Waals surface area contributed by atoms with Gasteiger partial charge in [0, 0.05) is 7.05 Å². The molecule has 1 rings (SSSR count). The monoisotopic (exact) mass is 213 g/mol. The first-order chi connectivity index (χ1) is 6.44. The van der Waals surface area contributed by atoms with Crippen molar-refractivity contribution in [1.82, 2.24) is 0 Å². The van der Waals surface area contributed by atoms with Crippen LogP contribution in [0.2, 0.25) is 5.02 Å². The van der Waals surface area contributed by atoms with Crippen LogP contribution in [0.4, 0.5) is 5.69 Å². The van der Waals surface area contributed by atoms with Gasteiger partial charge in [-0.05, 0) is 32.9 Å². The Morgan fingerprint density at radius 3 is 2.43 bits per heavy atom. The number of hydrogen-bond acceptors (Lipinski definition) is 2. The normalized spacial score (nSPS) is 11.2. The fourth-order valence-corrected chi connectivity index (χ4v) is 1.42. The van der Waals surface area contributed by atoms with Gasteiger partial charge in [0.15, 0.2) is 0 Å². The maximum absolute atomic E-state index is 6.02. The van der Waals surface area contributed by atoms with E-state index < -0.39 is 0 Å². The van der Waals surface area contributed by atoms with Crippen LogP contribution in [0.25, 0.3) is 0 Å². The second kappa shape index (κ2) is 4.09. The van der Waals surface area contributed by atoms with E-state index in [2.05, 4.69) is 5.32 Å². The first kappa shape index (κ1) is 11.2. The second-order valence-corrected chi connectivity index (χ2v) is 4.48. The molecule has 0 aromatic heterocycles. The lowest BCUT2D eigenvalue weighted by Gasteiger charge is -2.23. The van der Waals surface area contributed by atoms with Crippen molar-refractivity contribution in [2.45, 2.75) is 26.4 Å². The lowest BCUT2D eigenvalue weighted by atomic mass is 10.2. The lowest BCUT2D eigenvalue weighted by Crippen LogP contribution is -2.23. The van der Waals surface area contributed by atoms with E-state index in [9.17, 15) is 0 Å². The molecule has 0 heterocycles. The van der Waals surface area contributed by atoms with E-state index in [4.69, 9.17) is 16.3 Å². The third kappa shape index (κ3) is 2.81. The molecule has 1 N–H and O–H groups in total. The predicted molar refractivity (Wildman–Crippen MR) is 61.4 cm³/mol. The molecule has 0 atom stereocenters. The van der Waals surface area contributed by atoms with Crippen LogP contribution in [0, 0.1) is 0 Å². The van der Waals surface area contributed by atoms with E-state index in [1.54, 1.807) is 0 Å². The second-order valence-electron chi connectivity index (χ2n) is 4.08. The number of benzene rings is 1. The Balaban J connectivity index is 3.02. The van der Waals surface area contributed by atoms with E-state index in [1.165, 1.54) is 0 Å². The number of halogens is 1. The molecular formula is C11H16ClNO. The van der Waals surface area contributed by atoms with Crippen molar-refractivity contribution in [1.29, 1.82) is 0 Å². The van der Waals surface area contributed by atoms with Crippen molar-refractivity contribution < 1.29 is 4.74 Å². The first-order valence-electron chi connectivity index (χ1n) is 4.59. The first-order valence-corrected chi connectivity index (χ1v) is 4.97. The highest BCUT2D eigenvalue weighted by Crippen LogP contribution is 2.33. The number of ether oxygens (including phenoxy) is 1. The minimum Gasteiger partial charge on any atom is -0.486 e. The van der Waals surface area contributed by atoms with Gasteiger partial charge in [0.25, 0.3) is 0 Å². The molecule has 14 heavy (non-hydrogen) atoms. The van der Waals surface area contributed by atoms with Crippen LogP contribution in [-0.4, -0.2) is 12.6 Å². The lowest BCUT2D eigenvalue weighted by molar-refractivity contribution is 0.132. The van der Waals surface area contributed by atoms with Crippen LogP contribution < -0.4 is 10.1 Å². The van der Waals surface area contributed by atoms with Gasteiger partial charge in [-0.15, -0.1) is 0 Å². The summed E-state index contributed by atoms with van der Waals surface area (Å²) in [4.78, 5) is 0. The van der Waals surface area contributed by atoms with E-state index in [1.807, 2.05) is 46.0 Å². The predicted octanol–water partition coefficient (Wildman–Crippen LogP) is 3.56. The summed E-state index contributed by atoms with van der Waals surface area (Å²) in [5.41, 5.74) is 0.625. The molecule has 0 amide bonds. The van der Waals surface area contributed by atoms with Crippen molar-refractivity contribution in [2.75, 3.05) is 12.4 Å². The topological polar surface area (TPSA) is 21.3 Å². The summed E-state index contributed by atoms with van der Waals surface area (Å²) < 4.78 is 5.76. The molecule has 1 aromatic rings. The van der Waals surface area contributed by atoms with E-state index in [0.29, 0.717) is 5.02 Å². The Hall–Kier alpha value is -0.890. The fraction of sp³-hybridized carbons (Fsp3) is 0.455. The maximum atomic E-state index is 6.02. The summed E-state index contributed by atoms with van der Waals surface area (Å²) >= 11 is 6.02. The molecule has 1 aromatic carbocycles. The Labute approximate surface area is 90.2 Å². The number of nitrogens with one attached hydrogen (secondary N) is 1. The molecule has 0 aliphatic rings. The number of para-hydroxylation sites is 1. The summed E-state index contributed by atoms with van der Waals surface area (Å²) in [7, 11) is 1.83. The summed E-state index contributed by atoms with van der Waals surface area (Å²) in [5.74, 6) is 0.785. The van der Waals surface area contributed by atoms with Crippen LogP contribution in [0.5, 0.6) is 5.75 Å². The molecule has 0 radical (unpaired) electrons. The fourth-order valence-electron chi connectivity index (χ4n) is 1.16. The summed E-state index contributed by atoms with van der Waals surface area (Å²) in [5, 5.41) is 3.70. The molecule has 2 nitrogen and oxygen atoms in total. The van der Waals surface area contributed by atoms with Crippen LogP contribution in [0.3, 0.4) is 0 Å². The van der Waals surface area contributed by atoms with Crippen LogP contribution in [-0.2, 0) is 0 Å². The van der Waals surface area contributed by atoms with Crippen LogP contribution in [0.15, 0.2) is 18.2 Å². The zero-order valence-electron chi connectivity index (χ0n) is 9.02. The molecule has 0 saturated heterocycles. The van der Waals surface area contributed by atoms with Gasteiger partial charge in [0.2, 0.25) is 0 Å². The summed E-state index contributed by atoms with van der Waals surface area (Å²) in [6.07, 6.45) is 0. The molecule has 0 spiro atoms. The molecule has 0 fully saturated rings. The van der Waals surface area contributed by atoms with Gasteiger partial charge < -0.3 is 10.1 Å². The average molecular weight is 214 g/mol. The highest BCUT2D eigenvalue weighted by atomic mass is 35.5. The van der Waals surface area contributed by atoms with Gasteiger partial charge in [0.1, 0.15) is 11.4 Å². The smallest absolute Gasteiger partial charge is 0.144 e. The number of rotatable bonds is 2. The third-order valence-electron chi connectivity index (χ3n) is 1.64. The quantitative estimate of drug-likeness (QED) is 0.811. The summed E-state index contributed by atoms with van der Waals surface area (Å²) in [6.45, 7) is 6.02. The van der Waals surface area contributed by atoms with E-state index in [-0.39, 0.29) is 5.60 Å². The van der Waals surface area contributed by atoms with Crippen molar-refractivity contribution >= 4 is 17.3 Å².